The molecule has 2 heterocycles. The number of hydrogen-bond acceptors (Lipinski definition) is 7. The topological polar surface area (TPSA) is 55.3 Å². The molecule has 9 heteroatoms. The second-order valence-corrected chi connectivity index (χ2v) is 9.45. The fourth-order valence-electron chi connectivity index (χ4n) is 3.02. The van der Waals surface area contributed by atoms with Gasteiger partial charge in [0.05, 0.1) is 7.11 Å². The number of rotatable bonds is 9. The summed E-state index contributed by atoms with van der Waals surface area (Å²) < 4.78 is 5.05. The second-order valence-electron chi connectivity index (χ2n) is 6.24. The van der Waals surface area contributed by atoms with E-state index in [0.29, 0.717) is 28.8 Å². The lowest BCUT2D eigenvalue weighted by atomic mass is 9.97. The van der Waals surface area contributed by atoms with Crippen molar-refractivity contribution < 1.29 is 9.53 Å². The molecule has 0 aliphatic carbocycles. The molecule has 0 amide bonds. The summed E-state index contributed by atoms with van der Waals surface area (Å²) in [6.07, 6.45) is 7.65. The molecule has 0 spiro atoms. The molecule has 1 aromatic rings. The van der Waals surface area contributed by atoms with Crippen LogP contribution in [-0.4, -0.2) is 52.6 Å². The van der Waals surface area contributed by atoms with Crippen LogP contribution in [0.3, 0.4) is 0 Å². The molecule has 0 radical (unpaired) electrons. The predicted molar refractivity (Wildman–Crippen MR) is 128 cm³/mol. The van der Waals surface area contributed by atoms with E-state index in [1.54, 1.807) is 39.8 Å². The fraction of sp³-hybridized carbons (Fsp3) is 0.286. The van der Waals surface area contributed by atoms with E-state index in [9.17, 15) is 4.79 Å². The van der Waals surface area contributed by atoms with Crippen LogP contribution in [-0.2, 0) is 9.53 Å². The summed E-state index contributed by atoms with van der Waals surface area (Å²) in [4.78, 5) is 14.6. The lowest BCUT2D eigenvalue weighted by Crippen LogP contribution is -2.48. The summed E-state index contributed by atoms with van der Waals surface area (Å²) in [5, 5.41) is 9.71. The minimum Gasteiger partial charge on any atom is -0.468 e. The highest BCUT2D eigenvalue weighted by molar-refractivity contribution is 8.77. The van der Waals surface area contributed by atoms with E-state index in [2.05, 4.69) is 29.9 Å². The summed E-state index contributed by atoms with van der Waals surface area (Å²) in [5.41, 5.74) is 1.72. The Balaban J connectivity index is 2.21. The zero-order chi connectivity index (χ0) is 22.1. The van der Waals surface area contributed by atoms with Gasteiger partial charge < -0.3 is 4.74 Å². The molecular formula is C21H23Cl2N3O2S2. The van der Waals surface area contributed by atoms with E-state index >= 15 is 0 Å². The summed E-state index contributed by atoms with van der Waals surface area (Å²) in [5.74, 6) is -0.389. The Hall–Kier alpha value is -1.51. The highest BCUT2D eigenvalue weighted by atomic mass is 35.5. The van der Waals surface area contributed by atoms with Gasteiger partial charge in [0, 0.05) is 23.4 Å². The minimum atomic E-state index is -0.660. The number of methoxy groups -OCH3 is 1. The molecule has 2 atom stereocenters. The molecular weight excluding hydrogens is 461 g/mol. The third kappa shape index (κ3) is 6.49. The van der Waals surface area contributed by atoms with Gasteiger partial charge in [-0.25, -0.2) is 4.79 Å². The van der Waals surface area contributed by atoms with Crippen molar-refractivity contribution in [1.82, 2.24) is 15.1 Å². The number of carbonyl (C=O) groups excluding carboxylic acids is 1. The Morgan fingerprint density at radius 1 is 1.33 bits per heavy atom. The largest absolute Gasteiger partial charge is 0.468 e. The van der Waals surface area contributed by atoms with Crippen molar-refractivity contribution >= 4 is 50.8 Å². The van der Waals surface area contributed by atoms with Crippen molar-refractivity contribution in [2.75, 3.05) is 20.2 Å². The van der Waals surface area contributed by atoms with Crippen LogP contribution in [0.25, 0.3) is 0 Å². The van der Waals surface area contributed by atoms with Gasteiger partial charge in [0.15, 0.2) is 5.15 Å². The first kappa shape index (κ1) is 24.8. The molecule has 1 aromatic heterocycles. The van der Waals surface area contributed by atoms with Gasteiger partial charge in [-0.2, -0.15) is 0 Å². The van der Waals surface area contributed by atoms with Crippen molar-refractivity contribution in [3.8, 4) is 0 Å². The van der Waals surface area contributed by atoms with Crippen molar-refractivity contribution in [2.24, 2.45) is 0 Å². The monoisotopic (exact) mass is 483 g/mol. The van der Waals surface area contributed by atoms with Crippen molar-refractivity contribution in [3.05, 3.63) is 77.5 Å². The standard InChI is InChI=1S/C21H23Cl2N3O2S2/c1-5-8-14-13-26(20(21(27)28-4)15(6-2)16(22)7-3)12-11-17(14)29-30-19-10-9-18(23)24-25-19/h5-10,17,20H,1-3,11-13H2,4H3/b14-8-,16-15-. The Kier molecular flexibility index (Phi) is 10.2. The molecule has 1 aliphatic rings. The third-order valence-corrected chi connectivity index (χ3v) is 7.75. The predicted octanol–water partition coefficient (Wildman–Crippen LogP) is 5.46. The van der Waals surface area contributed by atoms with E-state index in [0.717, 1.165) is 17.0 Å². The zero-order valence-corrected chi connectivity index (χ0v) is 19.7. The number of carbonyl (C=O) groups is 1. The molecule has 160 valence electrons. The van der Waals surface area contributed by atoms with Crippen molar-refractivity contribution in [1.29, 1.82) is 0 Å². The molecule has 0 saturated carbocycles. The molecule has 5 nitrogen and oxygen atoms in total. The number of esters is 1. The summed E-state index contributed by atoms with van der Waals surface area (Å²) >= 11 is 12.1. The van der Waals surface area contributed by atoms with E-state index in [4.69, 9.17) is 27.9 Å². The van der Waals surface area contributed by atoms with Crippen molar-refractivity contribution in [2.45, 2.75) is 22.7 Å². The SMILES string of the molecule is C=C/C=C1/CN(C(C(=O)OC)/C(C=C)=C(\Cl)C=C)CCC1SSc1ccc(Cl)nn1. The van der Waals surface area contributed by atoms with Gasteiger partial charge in [0.25, 0.3) is 0 Å². The average molecular weight is 484 g/mol. The quantitative estimate of drug-likeness (QED) is 0.262. The lowest BCUT2D eigenvalue weighted by Gasteiger charge is -2.38. The van der Waals surface area contributed by atoms with Gasteiger partial charge >= 0.3 is 5.97 Å². The first-order chi connectivity index (χ1) is 14.4. The molecule has 2 rings (SSSR count). The van der Waals surface area contributed by atoms with Gasteiger partial charge in [-0.15, -0.1) is 10.2 Å². The van der Waals surface area contributed by atoms with Gasteiger partial charge in [0.2, 0.25) is 0 Å². The Morgan fingerprint density at radius 3 is 2.67 bits per heavy atom. The number of ether oxygens (including phenoxy) is 1. The molecule has 0 aromatic carbocycles. The van der Waals surface area contributed by atoms with Crippen LogP contribution < -0.4 is 0 Å². The molecule has 2 unspecified atom stereocenters. The molecule has 30 heavy (non-hydrogen) atoms. The van der Waals surface area contributed by atoms with Crippen LogP contribution in [0.1, 0.15) is 6.42 Å². The maximum Gasteiger partial charge on any atom is 0.327 e. The van der Waals surface area contributed by atoms with E-state index < -0.39 is 6.04 Å². The normalized spacial score (nSPS) is 20.2. The second kappa shape index (κ2) is 12.4. The fourth-order valence-corrected chi connectivity index (χ4v) is 5.77. The first-order valence-corrected chi connectivity index (χ1v) is 12.0. The Morgan fingerprint density at radius 2 is 2.10 bits per heavy atom. The summed E-state index contributed by atoms with van der Waals surface area (Å²) in [6.45, 7) is 12.6. The van der Waals surface area contributed by atoms with Crippen LogP contribution in [0.4, 0.5) is 0 Å². The Bertz CT molecular complexity index is 856. The van der Waals surface area contributed by atoms with Gasteiger partial charge in [0.1, 0.15) is 11.1 Å². The molecule has 0 N–H and O–H groups in total. The van der Waals surface area contributed by atoms with Gasteiger partial charge in [-0.1, -0.05) is 78.0 Å². The molecule has 1 aliphatic heterocycles. The number of aromatic nitrogens is 2. The van der Waals surface area contributed by atoms with Gasteiger partial charge in [-0.3, -0.25) is 4.90 Å². The highest BCUT2D eigenvalue weighted by Crippen LogP contribution is 2.40. The average Bonchev–Trinajstić information content (AvgIpc) is 2.76. The molecule has 1 fully saturated rings. The van der Waals surface area contributed by atoms with Crippen LogP contribution >= 0.6 is 44.8 Å². The number of allylic oxidation sites excluding steroid dienone is 4. The smallest absolute Gasteiger partial charge is 0.327 e. The molecule has 1 saturated heterocycles. The number of piperidine rings is 1. The minimum absolute atomic E-state index is 0.228. The van der Waals surface area contributed by atoms with E-state index in [1.165, 1.54) is 13.2 Å². The summed E-state index contributed by atoms with van der Waals surface area (Å²) in [6, 6.07) is 2.89. The van der Waals surface area contributed by atoms with E-state index in [1.807, 2.05) is 17.0 Å². The summed E-state index contributed by atoms with van der Waals surface area (Å²) in [7, 11) is 4.61. The third-order valence-electron chi connectivity index (χ3n) is 4.43. The maximum absolute atomic E-state index is 12.6. The Labute approximate surface area is 195 Å². The van der Waals surface area contributed by atoms with E-state index in [-0.39, 0.29) is 11.2 Å². The van der Waals surface area contributed by atoms with Crippen LogP contribution in [0.5, 0.6) is 0 Å². The van der Waals surface area contributed by atoms with Crippen molar-refractivity contribution in [3.63, 3.8) is 0 Å². The number of likely N-dealkylation sites (tertiary alicyclic amines) is 1. The lowest BCUT2D eigenvalue weighted by molar-refractivity contribution is -0.145. The van der Waals surface area contributed by atoms with Crippen LogP contribution in [0.2, 0.25) is 5.15 Å². The highest BCUT2D eigenvalue weighted by Gasteiger charge is 2.35. The number of nitrogens with zero attached hydrogens (tertiary/aromatic N) is 3. The van der Waals surface area contributed by atoms with Crippen LogP contribution in [0.15, 0.2) is 77.4 Å². The van der Waals surface area contributed by atoms with Gasteiger partial charge in [-0.05, 0) is 40.5 Å². The zero-order valence-electron chi connectivity index (χ0n) is 16.6. The number of halogens is 2. The van der Waals surface area contributed by atoms with Crippen LogP contribution in [0, 0.1) is 0 Å². The number of hydrogen-bond donors (Lipinski definition) is 0. The first-order valence-electron chi connectivity index (χ1n) is 9.05. The maximum atomic E-state index is 12.6. The molecule has 0 bridgehead atoms.